The lowest BCUT2D eigenvalue weighted by Crippen LogP contribution is -2.30. The standard InChI is InChI=1S/C16H25NO/c1-15(2,3)13-6-4-12(5-7-13)10-16(18)9-8-14(17)11-16/h4-7,14,18H,8-11,17H2,1-3H3. The zero-order chi connectivity index (χ0) is 13.4. The number of hydrogen-bond acceptors (Lipinski definition) is 2. The van der Waals surface area contributed by atoms with Gasteiger partial charge in [-0.1, -0.05) is 45.0 Å². The van der Waals surface area contributed by atoms with Crippen molar-refractivity contribution in [1.82, 2.24) is 0 Å². The Morgan fingerprint density at radius 2 is 1.89 bits per heavy atom. The summed E-state index contributed by atoms with van der Waals surface area (Å²) in [5.41, 5.74) is 8.03. The molecule has 1 aromatic carbocycles. The quantitative estimate of drug-likeness (QED) is 0.844. The van der Waals surface area contributed by atoms with Crippen molar-refractivity contribution in [3.63, 3.8) is 0 Å². The predicted molar refractivity (Wildman–Crippen MR) is 75.6 cm³/mol. The van der Waals surface area contributed by atoms with Crippen LogP contribution in [-0.4, -0.2) is 16.7 Å². The normalized spacial score (nSPS) is 28.6. The third-order valence-electron chi connectivity index (χ3n) is 3.98. The topological polar surface area (TPSA) is 46.2 Å². The Kier molecular flexibility index (Phi) is 3.52. The Labute approximate surface area is 110 Å². The molecule has 2 nitrogen and oxygen atoms in total. The average molecular weight is 247 g/mol. The highest BCUT2D eigenvalue weighted by Crippen LogP contribution is 2.32. The molecule has 3 N–H and O–H groups in total. The maximum absolute atomic E-state index is 10.5. The molecule has 2 atom stereocenters. The Balaban J connectivity index is 2.07. The molecule has 0 saturated heterocycles. The van der Waals surface area contributed by atoms with E-state index < -0.39 is 5.60 Å². The largest absolute Gasteiger partial charge is 0.389 e. The van der Waals surface area contributed by atoms with Gasteiger partial charge in [0.05, 0.1) is 5.60 Å². The van der Waals surface area contributed by atoms with Crippen LogP contribution in [0.3, 0.4) is 0 Å². The molecule has 1 aliphatic carbocycles. The minimum Gasteiger partial charge on any atom is -0.389 e. The molecule has 0 aliphatic heterocycles. The molecule has 18 heavy (non-hydrogen) atoms. The Bertz CT molecular complexity index is 404. The van der Waals surface area contributed by atoms with Crippen LogP contribution in [0.4, 0.5) is 0 Å². The van der Waals surface area contributed by atoms with Gasteiger partial charge in [0.25, 0.3) is 0 Å². The Morgan fingerprint density at radius 3 is 2.33 bits per heavy atom. The molecule has 2 heteroatoms. The van der Waals surface area contributed by atoms with Gasteiger partial charge in [0, 0.05) is 12.5 Å². The lowest BCUT2D eigenvalue weighted by atomic mass is 9.85. The number of benzene rings is 1. The van der Waals surface area contributed by atoms with Gasteiger partial charge in [0.15, 0.2) is 0 Å². The average Bonchev–Trinajstić information content (AvgIpc) is 2.58. The Morgan fingerprint density at radius 1 is 1.28 bits per heavy atom. The fourth-order valence-corrected chi connectivity index (χ4v) is 2.81. The second-order valence-corrected chi connectivity index (χ2v) is 6.85. The van der Waals surface area contributed by atoms with Crippen molar-refractivity contribution < 1.29 is 5.11 Å². The van der Waals surface area contributed by atoms with E-state index in [0.29, 0.717) is 0 Å². The smallest absolute Gasteiger partial charge is 0.0703 e. The van der Waals surface area contributed by atoms with Crippen LogP contribution in [0.1, 0.15) is 51.2 Å². The first-order chi connectivity index (χ1) is 8.28. The summed E-state index contributed by atoms with van der Waals surface area (Å²) >= 11 is 0. The molecule has 0 bridgehead atoms. The summed E-state index contributed by atoms with van der Waals surface area (Å²) < 4.78 is 0. The van der Waals surface area contributed by atoms with E-state index in [4.69, 9.17) is 5.73 Å². The zero-order valence-electron chi connectivity index (χ0n) is 11.7. The van der Waals surface area contributed by atoms with Crippen LogP contribution in [0.5, 0.6) is 0 Å². The van der Waals surface area contributed by atoms with E-state index in [1.54, 1.807) is 0 Å². The first kappa shape index (κ1) is 13.6. The highest BCUT2D eigenvalue weighted by atomic mass is 16.3. The molecule has 0 radical (unpaired) electrons. The second-order valence-electron chi connectivity index (χ2n) is 6.85. The number of aliphatic hydroxyl groups is 1. The van der Waals surface area contributed by atoms with Crippen molar-refractivity contribution in [2.75, 3.05) is 0 Å². The van der Waals surface area contributed by atoms with E-state index >= 15 is 0 Å². The van der Waals surface area contributed by atoms with Crippen LogP contribution in [0.15, 0.2) is 24.3 Å². The van der Waals surface area contributed by atoms with Crippen LogP contribution >= 0.6 is 0 Å². The molecular weight excluding hydrogens is 222 g/mol. The van der Waals surface area contributed by atoms with E-state index in [2.05, 4.69) is 45.0 Å². The third kappa shape index (κ3) is 3.12. The summed E-state index contributed by atoms with van der Waals surface area (Å²) in [6, 6.07) is 8.80. The lowest BCUT2D eigenvalue weighted by Gasteiger charge is -2.24. The van der Waals surface area contributed by atoms with Gasteiger partial charge in [-0.25, -0.2) is 0 Å². The Hall–Kier alpha value is -0.860. The minimum absolute atomic E-state index is 0.170. The maximum Gasteiger partial charge on any atom is 0.0703 e. The van der Waals surface area contributed by atoms with Crippen LogP contribution < -0.4 is 5.73 Å². The van der Waals surface area contributed by atoms with Gasteiger partial charge in [-0.3, -0.25) is 0 Å². The van der Waals surface area contributed by atoms with Crippen LogP contribution in [0, 0.1) is 0 Å². The molecule has 0 heterocycles. The fraction of sp³-hybridized carbons (Fsp3) is 0.625. The summed E-state index contributed by atoms with van der Waals surface area (Å²) in [6.07, 6.45) is 3.23. The van der Waals surface area contributed by atoms with Gasteiger partial charge >= 0.3 is 0 Å². The highest BCUT2D eigenvalue weighted by Gasteiger charge is 2.35. The van der Waals surface area contributed by atoms with Gasteiger partial charge < -0.3 is 10.8 Å². The summed E-state index contributed by atoms with van der Waals surface area (Å²) in [4.78, 5) is 0. The predicted octanol–water partition coefficient (Wildman–Crippen LogP) is 2.77. The highest BCUT2D eigenvalue weighted by molar-refractivity contribution is 5.28. The fourth-order valence-electron chi connectivity index (χ4n) is 2.81. The van der Waals surface area contributed by atoms with Gasteiger partial charge in [-0.15, -0.1) is 0 Å². The summed E-state index contributed by atoms with van der Waals surface area (Å²) in [5.74, 6) is 0. The monoisotopic (exact) mass is 247 g/mol. The van der Waals surface area contributed by atoms with E-state index in [1.165, 1.54) is 11.1 Å². The molecule has 1 fully saturated rings. The molecule has 1 aliphatic rings. The van der Waals surface area contributed by atoms with Gasteiger partial charge in [-0.2, -0.15) is 0 Å². The molecule has 1 saturated carbocycles. The number of rotatable bonds is 2. The van der Waals surface area contributed by atoms with E-state index in [9.17, 15) is 5.11 Å². The van der Waals surface area contributed by atoms with Crippen molar-refractivity contribution in [1.29, 1.82) is 0 Å². The molecule has 0 amide bonds. The number of nitrogens with two attached hydrogens (primary N) is 1. The molecule has 2 rings (SSSR count). The third-order valence-corrected chi connectivity index (χ3v) is 3.98. The summed E-state index contributed by atoms with van der Waals surface area (Å²) in [7, 11) is 0. The lowest BCUT2D eigenvalue weighted by molar-refractivity contribution is 0.0468. The van der Waals surface area contributed by atoms with Crippen LogP contribution in [0.25, 0.3) is 0 Å². The van der Waals surface area contributed by atoms with Gasteiger partial charge in [-0.05, 0) is 35.8 Å². The number of hydrogen-bond donors (Lipinski definition) is 2. The first-order valence-electron chi connectivity index (χ1n) is 6.86. The maximum atomic E-state index is 10.5. The summed E-state index contributed by atoms with van der Waals surface area (Å²) in [5, 5.41) is 10.5. The van der Waals surface area contributed by atoms with Crippen molar-refractivity contribution >= 4 is 0 Å². The van der Waals surface area contributed by atoms with Crippen LogP contribution in [0.2, 0.25) is 0 Å². The molecular formula is C16H25NO. The van der Waals surface area contributed by atoms with Crippen molar-refractivity contribution in [3.8, 4) is 0 Å². The van der Waals surface area contributed by atoms with E-state index in [0.717, 1.165) is 25.7 Å². The minimum atomic E-state index is -0.581. The van der Waals surface area contributed by atoms with Crippen LogP contribution in [-0.2, 0) is 11.8 Å². The van der Waals surface area contributed by atoms with Gasteiger partial charge in [0.1, 0.15) is 0 Å². The zero-order valence-corrected chi connectivity index (χ0v) is 11.7. The molecule has 0 aromatic heterocycles. The molecule has 0 spiro atoms. The molecule has 2 unspecified atom stereocenters. The molecule has 100 valence electrons. The summed E-state index contributed by atoms with van der Waals surface area (Å²) in [6.45, 7) is 6.64. The van der Waals surface area contributed by atoms with Crippen molar-refractivity contribution in [3.05, 3.63) is 35.4 Å². The van der Waals surface area contributed by atoms with E-state index in [-0.39, 0.29) is 11.5 Å². The first-order valence-corrected chi connectivity index (χ1v) is 6.86. The molecule has 1 aromatic rings. The van der Waals surface area contributed by atoms with Crippen molar-refractivity contribution in [2.45, 2.75) is 63.5 Å². The van der Waals surface area contributed by atoms with E-state index in [1.807, 2.05) is 0 Å². The SMILES string of the molecule is CC(C)(C)c1ccc(CC2(O)CCC(N)C2)cc1. The van der Waals surface area contributed by atoms with Gasteiger partial charge in [0.2, 0.25) is 0 Å². The second kappa shape index (κ2) is 4.67. The van der Waals surface area contributed by atoms with Crippen molar-refractivity contribution in [2.24, 2.45) is 5.73 Å².